The summed E-state index contributed by atoms with van der Waals surface area (Å²) in [5.41, 5.74) is 1.47. The lowest BCUT2D eigenvalue weighted by Gasteiger charge is -2.17. The maximum Gasteiger partial charge on any atom is 0.341 e. The maximum absolute atomic E-state index is 12.6. The van der Waals surface area contributed by atoms with Crippen LogP contribution in [0.5, 0.6) is 5.75 Å². The van der Waals surface area contributed by atoms with Gasteiger partial charge in [-0.25, -0.2) is 9.78 Å². The Labute approximate surface area is 160 Å². The first-order valence-corrected chi connectivity index (χ1v) is 8.59. The van der Waals surface area contributed by atoms with Crippen molar-refractivity contribution >= 4 is 40.3 Å². The van der Waals surface area contributed by atoms with Crippen LogP contribution in [0.1, 0.15) is 23.7 Å². The molecule has 0 bridgehead atoms. The highest BCUT2D eigenvalue weighted by molar-refractivity contribution is 6.31. The summed E-state index contributed by atoms with van der Waals surface area (Å²) in [6, 6.07) is 9.75. The van der Waals surface area contributed by atoms with Gasteiger partial charge in [-0.1, -0.05) is 24.6 Å². The Morgan fingerprint density at radius 3 is 2.85 bits per heavy atom. The summed E-state index contributed by atoms with van der Waals surface area (Å²) in [7, 11) is 1.48. The van der Waals surface area contributed by atoms with Crippen LogP contribution in [0.3, 0.4) is 0 Å². The fourth-order valence-corrected chi connectivity index (χ4v) is 2.73. The second-order valence-corrected chi connectivity index (χ2v) is 6.08. The van der Waals surface area contributed by atoms with Crippen LogP contribution in [-0.2, 0) is 9.53 Å². The lowest BCUT2D eigenvalue weighted by atomic mass is 10.2. The minimum Gasteiger partial charge on any atom is -0.495 e. The number of carbonyl (C=O) groups excluding carboxylic acids is 2. The molecule has 0 radical (unpaired) electrons. The standard InChI is InChI=1S/C19H17ClN2O5/c1-3-14(18(23)22-13-9-11(20)7-8-15(13)25-2)27-19(24)12-5-4-6-16-17(12)21-10-26-16/h4-10,14H,3H2,1-2H3,(H,22,23). The van der Waals surface area contributed by atoms with Crippen LogP contribution >= 0.6 is 11.6 Å². The van der Waals surface area contributed by atoms with E-state index in [9.17, 15) is 9.59 Å². The van der Waals surface area contributed by atoms with Gasteiger partial charge < -0.3 is 19.2 Å². The molecule has 2 aromatic carbocycles. The third kappa shape index (κ3) is 4.03. The predicted molar refractivity (Wildman–Crippen MR) is 100 cm³/mol. The Hall–Kier alpha value is -3.06. The molecule has 0 aliphatic rings. The van der Waals surface area contributed by atoms with Crippen LogP contribution in [0.2, 0.25) is 5.02 Å². The van der Waals surface area contributed by atoms with Gasteiger partial charge in [0.1, 0.15) is 11.3 Å². The molecule has 1 atom stereocenters. The molecule has 8 heteroatoms. The van der Waals surface area contributed by atoms with Gasteiger partial charge in [0, 0.05) is 5.02 Å². The normalized spacial score (nSPS) is 11.8. The Morgan fingerprint density at radius 1 is 1.30 bits per heavy atom. The quantitative estimate of drug-likeness (QED) is 0.640. The highest BCUT2D eigenvalue weighted by atomic mass is 35.5. The van der Waals surface area contributed by atoms with Crippen molar-refractivity contribution in [3.63, 3.8) is 0 Å². The second-order valence-electron chi connectivity index (χ2n) is 5.64. The number of amides is 1. The van der Waals surface area contributed by atoms with Gasteiger partial charge in [-0.2, -0.15) is 0 Å². The average molecular weight is 389 g/mol. The fourth-order valence-electron chi connectivity index (χ4n) is 2.56. The van der Waals surface area contributed by atoms with Gasteiger partial charge in [-0.15, -0.1) is 0 Å². The van der Waals surface area contributed by atoms with E-state index in [1.807, 2.05) is 0 Å². The molecule has 0 fully saturated rings. The van der Waals surface area contributed by atoms with Crippen molar-refractivity contribution in [1.82, 2.24) is 4.98 Å². The number of nitrogens with zero attached hydrogens (tertiary/aromatic N) is 1. The largest absolute Gasteiger partial charge is 0.495 e. The molecule has 27 heavy (non-hydrogen) atoms. The molecule has 1 amide bonds. The monoisotopic (exact) mass is 388 g/mol. The number of hydrogen-bond donors (Lipinski definition) is 1. The Kier molecular flexibility index (Phi) is 5.61. The minimum atomic E-state index is -0.997. The van der Waals surface area contributed by atoms with Crippen molar-refractivity contribution in [2.75, 3.05) is 12.4 Å². The predicted octanol–water partition coefficient (Wildman–Crippen LogP) is 4.06. The van der Waals surface area contributed by atoms with Crippen LogP contribution < -0.4 is 10.1 Å². The van der Waals surface area contributed by atoms with Gasteiger partial charge in [-0.05, 0) is 36.8 Å². The average Bonchev–Trinajstić information content (AvgIpc) is 3.14. The van der Waals surface area contributed by atoms with Crippen molar-refractivity contribution in [3.8, 4) is 5.75 Å². The number of oxazole rings is 1. The van der Waals surface area contributed by atoms with Gasteiger partial charge in [-0.3, -0.25) is 4.79 Å². The lowest BCUT2D eigenvalue weighted by molar-refractivity contribution is -0.124. The van der Waals surface area contributed by atoms with Crippen LogP contribution in [0.4, 0.5) is 5.69 Å². The van der Waals surface area contributed by atoms with E-state index in [-0.39, 0.29) is 12.0 Å². The molecule has 1 unspecified atom stereocenters. The number of ether oxygens (including phenoxy) is 2. The molecule has 0 aliphatic heterocycles. The van der Waals surface area contributed by atoms with E-state index in [1.165, 1.54) is 13.5 Å². The molecular weight excluding hydrogens is 372 g/mol. The van der Waals surface area contributed by atoms with Crippen LogP contribution in [-0.4, -0.2) is 30.1 Å². The maximum atomic E-state index is 12.6. The number of benzene rings is 2. The van der Waals surface area contributed by atoms with Crippen molar-refractivity contribution in [2.24, 2.45) is 0 Å². The Morgan fingerprint density at radius 2 is 2.11 bits per heavy atom. The molecule has 3 rings (SSSR count). The van der Waals surface area contributed by atoms with Gasteiger partial charge in [0.15, 0.2) is 18.1 Å². The first-order valence-electron chi connectivity index (χ1n) is 8.21. The summed E-state index contributed by atoms with van der Waals surface area (Å²) in [4.78, 5) is 29.1. The van der Waals surface area contributed by atoms with E-state index >= 15 is 0 Å². The van der Waals surface area contributed by atoms with E-state index in [2.05, 4.69) is 10.3 Å². The van der Waals surface area contributed by atoms with Gasteiger partial charge in [0.25, 0.3) is 5.91 Å². The number of para-hydroxylation sites is 1. The number of nitrogens with one attached hydrogen (secondary N) is 1. The first kappa shape index (κ1) is 18.7. The van der Waals surface area contributed by atoms with E-state index in [1.54, 1.807) is 43.3 Å². The molecule has 0 aliphatic carbocycles. The van der Waals surface area contributed by atoms with Gasteiger partial charge in [0.05, 0.1) is 18.4 Å². The summed E-state index contributed by atoms with van der Waals surface area (Å²) in [5, 5.41) is 3.12. The fraction of sp³-hybridized carbons (Fsp3) is 0.211. The molecule has 0 saturated heterocycles. The summed E-state index contributed by atoms with van der Waals surface area (Å²) in [6.45, 7) is 1.74. The smallest absolute Gasteiger partial charge is 0.341 e. The summed E-state index contributed by atoms with van der Waals surface area (Å²) < 4.78 is 15.8. The molecular formula is C19H17ClN2O5. The number of hydrogen-bond acceptors (Lipinski definition) is 6. The number of fused-ring (bicyclic) bond motifs is 1. The molecule has 1 N–H and O–H groups in total. The lowest BCUT2D eigenvalue weighted by Crippen LogP contribution is -2.32. The van der Waals surface area contributed by atoms with E-state index in [0.29, 0.717) is 27.6 Å². The highest BCUT2D eigenvalue weighted by Crippen LogP contribution is 2.28. The van der Waals surface area contributed by atoms with Crippen molar-refractivity contribution in [1.29, 1.82) is 0 Å². The number of halogens is 1. The molecule has 1 aromatic heterocycles. The molecule has 7 nitrogen and oxygen atoms in total. The van der Waals surface area contributed by atoms with Crippen LogP contribution in [0.15, 0.2) is 47.2 Å². The zero-order valence-electron chi connectivity index (χ0n) is 14.7. The molecule has 3 aromatic rings. The number of rotatable bonds is 6. The van der Waals surface area contributed by atoms with Crippen LogP contribution in [0, 0.1) is 0 Å². The molecule has 0 saturated carbocycles. The molecule has 1 heterocycles. The van der Waals surface area contributed by atoms with E-state index in [0.717, 1.165) is 0 Å². The molecule has 140 valence electrons. The topological polar surface area (TPSA) is 90.7 Å². The number of esters is 1. The number of carbonyl (C=O) groups is 2. The number of methoxy groups -OCH3 is 1. The Bertz CT molecular complexity index is 985. The number of aromatic nitrogens is 1. The SMILES string of the molecule is CCC(OC(=O)c1cccc2ocnc12)C(=O)Nc1cc(Cl)ccc1OC. The third-order valence-electron chi connectivity index (χ3n) is 3.91. The van der Waals surface area contributed by atoms with Gasteiger partial charge in [0.2, 0.25) is 0 Å². The van der Waals surface area contributed by atoms with Gasteiger partial charge >= 0.3 is 5.97 Å². The zero-order valence-corrected chi connectivity index (χ0v) is 15.4. The van der Waals surface area contributed by atoms with Crippen molar-refractivity contribution in [3.05, 3.63) is 53.4 Å². The summed E-state index contributed by atoms with van der Waals surface area (Å²) in [5.74, 6) is -0.699. The third-order valence-corrected chi connectivity index (χ3v) is 4.15. The van der Waals surface area contributed by atoms with Crippen LogP contribution in [0.25, 0.3) is 11.1 Å². The van der Waals surface area contributed by atoms with E-state index in [4.69, 9.17) is 25.5 Å². The highest BCUT2D eigenvalue weighted by Gasteiger charge is 2.24. The number of anilines is 1. The van der Waals surface area contributed by atoms with Crippen molar-refractivity contribution < 1.29 is 23.5 Å². The second kappa shape index (κ2) is 8.09. The first-order chi connectivity index (χ1) is 13.0. The summed E-state index contributed by atoms with van der Waals surface area (Å²) in [6.07, 6.45) is 0.537. The minimum absolute atomic E-state index is 0.229. The zero-order chi connectivity index (χ0) is 19.4. The molecule has 0 spiro atoms. The summed E-state index contributed by atoms with van der Waals surface area (Å²) >= 11 is 5.97. The van der Waals surface area contributed by atoms with E-state index < -0.39 is 18.0 Å². The Balaban J connectivity index is 1.77. The van der Waals surface area contributed by atoms with Crippen molar-refractivity contribution in [2.45, 2.75) is 19.4 Å².